The van der Waals surface area contributed by atoms with Gasteiger partial charge in [-0.3, -0.25) is 5.43 Å². The predicted molar refractivity (Wildman–Crippen MR) is 82.2 cm³/mol. The van der Waals surface area contributed by atoms with Crippen LogP contribution in [0.25, 0.3) is 0 Å². The molecule has 0 saturated carbocycles. The third kappa shape index (κ3) is 4.68. The molecule has 1 atom stereocenters. The van der Waals surface area contributed by atoms with Crippen molar-refractivity contribution in [3.8, 4) is 6.01 Å². The van der Waals surface area contributed by atoms with Gasteiger partial charge in [0, 0.05) is 12.6 Å². The molecule has 1 saturated heterocycles. The monoisotopic (exact) mass is 295 g/mol. The number of hydrogen-bond acceptors (Lipinski definition) is 8. The van der Waals surface area contributed by atoms with Crippen LogP contribution in [0.3, 0.4) is 0 Å². The van der Waals surface area contributed by atoms with Crippen LogP contribution < -0.4 is 21.3 Å². The summed E-state index contributed by atoms with van der Waals surface area (Å²) in [6, 6.07) is 0.795. The molecule has 1 fully saturated rings. The number of aromatic nitrogens is 3. The molecule has 1 aromatic heterocycles. The Balaban J connectivity index is 1.97. The molecule has 8 heteroatoms. The zero-order valence-corrected chi connectivity index (χ0v) is 12.8. The summed E-state index contributed by atoms with van der Waals surface area (Å²) in [4.78, 5) is 14.9. The lowest BCUT2D eigenvalue weighted by Crippen LogP contribution is -2.41. The quantitative estimate of drug-likeness (QED) is 0.502. The van der Waals surface area contributed by atoms with E-state index in [4.69, 9.17) is 10.6 Å². The average Bonchev–Trinajstić information content (AvgIpc) is 2.52. The van der Waals surface area contributed by atoms with Crippen molar-refractivity contribution in [1.82, 2.24) is 19.9 Å². The van der Waals surface area contributed by atoms with Gasteiger partial charge in [-0.25, -0.2) is 5.84 Å². The molecule has 4 N–H and O–H groups in total. The maximum Gasteiger partial charge on any atom is 0.323 e. The van der Waals surface area contributed by atoms with Gasteiger partial charge in [-0.2, -0.15) is 15.0 Å². The SMILES string of the molecule is CCCOc1nc(NN)nc(NCC2CCCCN2C)n1. The molecular formula is C13H25N7O. The van der Waals surface area contributed by atoms with Crippen LogP contribution in [0, 0.1) is 0 Å². The standard InChI is InChI=1S/C13H25N7O/c1-3-8-21-13-17-11(16-12(18-13)19-14)15-9-10-6-4-5-7-20(10)2/h10H,3-9,14H2,1-2H3,(H2,15,16,17,18,19). The number of piperidine rings is 1. The molecule has 1 aliphatic heterocycles. The lowest BCUT2D eigenvalue weighted by atomic mass is 10.0. The van der Waals surface area contributed by atoms with Gasteiger partial charge in [0.15, 0.2) is 0 Å². The third-order valence-corrected chi connectivity index (χ3v) is 3.60. The molecule has 0 aliphatic carbocycles. The predicted octanol–water partition coefficient (Wildman–Crippen LogP) is 0.842. The van der Waals surface area contributed by atoms with Gasteiger partial charge in [-0.1, -0.05) is 13.3 Å². The molecule has 118 valence electrons. The first-order valence-electron chi connectivity index (χ1n) is 7.52. The molecule has 0 spiro atoms. The number of ether oxygens (including phenoxy) is 1. The summed E-state index contributed by atoms with van der Waals surface area (Å²) < 4.78 is 5.44. The Labute approximate surface area is 125 Å². The van der Waals surface area contributed by atoms with E-state index in [0.717, 1.165) is 19.5 Å². The highest BCUT2D eigenvalue weighted by Crippen LogP contribution is 2.16. The first kappa shape index (κ1) is 15.7. The number of likely N-dealkylation sites (N-methyl/N-ethyl adjacent to an activating group) is 1. The smallest absolute Gasteiger partial charge is 0.323 e. The molecule has 2 rings (SSSR count). The molecule has 1 unspecified atom stereocenters. The van der Waals surface area contributed by atoms with Gasteiger partial charge in [0.1, 0.15) is 0 Å². The van der Waals surface area contributed by atoms with Crippen LogP contribution in [-0.2, 0) is 0 Å². The van der Waals surface area contributed by atoms with Gasteiger partial charge in [0.25, 0.3) is 0 Å². The van der Waals surface area contributed by atoms with Crippen LogP contribution >= 0.6 is 0 Å². The van der Waals surface area contributed by atoms with Crippen LogP contribution in [0.5, 0.6) is 6.01 Å². The summed E-state index contributed by atoms with van der Waals surface area (Å²) in [7, 11) is 2.15. The van der Waals surface area contributed by atoms with Crippen molar-refractivity contribution in [3.05, 3.63) is 0 Å². The van der Waals surface area contributed by atoms with Crippen molar-refractivity contribution in [1.29, 1.82) is 0 Å². The second-order valence-electron chi connectivity index (χ2n) is 5.27. The van der Waals surface area contributed by atoms with Gasteiger partial charge in [0.05, 0.1) is 6.61 Å². The van der Waals surface area contributed by atoms with Gasteiger partial charge >= 0.3 is 6.01 Å². The first-order chi connectivity index (χ1) is 10.2. The number of rotatable bonds is 7. The minimum Gasteiger partial charge on any atom is -0.463 e. The Kier molecular flexibility index (Phi) is 5.94. The third-order valence-electron chi connectivity index (χ3n) is 3.60. The minimum absolute atomic E-state index is 0.291. The van der Waals surface area contributed by atoms with Crippen molar-refractivity contribution in [2.24, 2.45) is 5.84 Å². The van der Waals surface area contributed by atoms with E-state index >= 15 is 0 Å². The maximum absolute atomic E-state index is 5.44. The van der Waals surface area contributed by atoms with Crippen molar-refractivity contribution in [2.75, 3.05) is 37.5 Å². The van der Waals surface area contributed by atoms with E-state index in [2.05, 4.69) is 37.6 Å². The van der Waals surface area contributed by atoms with Crippen molar-refractivity contribution < 1.29 is 4.74 Å². The molecule has 1 aliphatic rings. The number of hydrazine groups is 1. The zero-order chi connectivity index (χ0) is 15.1. The highest BCUT2D eigenvalue weighted by molar-refractivity contribution is 5.35. The molecule has 0 bridgehead atoms. The molecule has 21 heavy (non-hydrogen) atoms. The summed E-state index contributed by atoms with van der Waals surface area (Å²) in [6.45, 7) is 4.54. The van der Waals surface area contributed by atoms with E-state index in [0.29, 0.717) is 30.6 Å². The zero-order valence-electron chi connectivity index (χ0n) is 12.8. The number of nitrogens with two attached hydrogens (primary N) is 1. The maximum atomic E-state index is 5.44. The van der Waals surface area contributed by atoms with Gasteiger partial charge in [-0.15, -0.1) is 0 Å². The highest BCUT2D eigenvalue weighted by atomic mass is 16.5. The first-order valence-corrected chi connectivity index (χ1v) is 7.52. The Morgan fingerprint density at radius 2 is 2.10 bits per heavy atom. The van der Waals surface area contributed by atoms with Gasteiger partial charge in [-0.05, 0) is 32.9 Å². The van der Waals surface area contributed by atoms with Crippen LogP contribution in [0.15, 0.2) is 0 Å². The Bertz CT molecular complexity index is 443. The van der Waals surface area contributed by atoms with Crippen LogP contribution in [-0.4, -0.2) is 52.6 Å². The summed E-state index contributed by atoms with van der Waals surface area (Å²) >= 11 is 0. The van der Waals surface area contributed by atoms with E-state index in [1.54, 1.807) is 0 Å². The van der Waals surface area contributed by atoms with Crippen LogP contribution in [0.2, 0.25) is 0 Å². The van der Waals surface area contributed by atoms with E-state index in [-0.39, 0.29) is 0 Å². The number of anilines is 2. The Morgan fingerprint density at radius 1 is 1.29 bits per heavy atom. The Morgan fingerprint density at radius 3 is 2.81 bits per heavy atom. The molecular weight excluding hydrogens is 270 g/mol. The minimum atomic E-state index is 0.291. The summed E-state index contributed by atoms with van der Waals surface area (Å²) in [6.07, 6.45) is 4.63. The fourth-order valence-corrected chi connectivity index (χ4v) is 2.37. The summed E-state index contributed by atoms with van der Waals surface area (Å²) in [5.74, 6) is 6.17. The van der Waals surface area contributed by atoms with E-state index < -0.39 is 0 Å². The Hall–Kier alpha value is -1.67. The van der Waals surface area contributed by atoms with Gasteiger partial charge < -0.3 is 15.0 Å². The fourth-order valence-electron chi connectivity index (χ4n) is 2.37. The molecule has 0 aromatic carbocycles. The number of nitrogens with zero attached hydrogens (tertiary/aromatic N) is 4. The van der Waals surface area contributed by atoms with Gasteiger partial charge in [0.2, 0.25) is 11.9 Å². The summed E-state index contributed by atoms with van der Waals surface area (Å²) in [5, 5.41) is 3.26. The van der Waals surface area contributed by atoms with Crippen molar-refractivity contribution in [3.63, 3.8) is 0 Å². The number of likely N-dealkylation sites (tertiary alicyclic amines) is 1. The fraction of sp³-hybridized carbons (Fsp3) is 0.769. The topological polar surface area (TPSA) is 101 Å². The molecule has 0 radical (unpaired) electrons. The number of hydrogen-bond donors (Lipinski definition) is 3. The average molecular weight is 295 g/mol. The summed E-state index contributed by atoms with van der Waals surface area (Å²) in [5.41, 5.74) is 2.44. The molecule has 8 nitrogen and oxygen atoms in total. The molecule has 2 heterocycles. The van der Waals surface area contributed by atoms with Crippen LogP contribution in [0.4, 0.5) is 11.9 Å². The second kappa shape index (κ2) is 7.94. The molecule has 1 aromatic rings. The van der Waals surface area contributed by atoms with Crippen molar-refractivity contribution in [2.45, 2.75) is 38.6 Å². The van der Waals surface area contributed by atoms with E-state index in [1.165, 1.54) is 19.3 Å². The number of nitrogen functional groups attached to an aromatic ring is 1. The molecule has 0 amide bonds. The second-order valence-corrected chi connectivity index (χ2v) is 5.27. The normalized spacial score (nSPS) is 19.3. The number of nitrogens with one attached hydrogen (secondary N) is 2. The van der Waals surface area contributed by atoms with E-state index in [9.17, 15) is 0 Å². The van der Waals surface area contributed by atoms with Crippen LogP contribution in [0.1, 0.15) is 32.6 Å². The van der Waals surface area contributed by atoms with E-state index in [1.807, 2.05) is 6.92 Å². The lowest BCUT2D eigenvalue weighted by Gasteiger charge is -2.32. The lowest BCUT2D eigenvalue weighted by molar-refractivity contribution is 0.194. The highest BCUT2D eigenvalue weighted by Gasteiger charge is 2.19. The largest absolute Gasteiger partial charge is 0.463 e. The van der Waals surface area contributed by atoms with Crippen molar-refractivity contribution >= 4 is 11.9 Å².